The molecular weight excluding hydrogens is 445 g/mol. The molecule has 2 heterocycles. The number of oxazole rings is 1. The molecule has 5 nitrogen and oxygen atoms in total. The van der Waals surface area contributed by atoms with E-state index in [-0.39, 0.29) is 5.56 Å². The Morgan fingerprint density at radius 1 is 1.09 bits per heavy atom. The Hall–Kier alpha value is -3.81. The first-order valence-corrected chi connectivity index (χ1v) is 10.9. The van der Waals surface area contributed by atoms with E-state index in [0.29, 0.717) is 36.4 Å². The van der Waals surface area contributed by atoms with E-state index in [4.69, 9.17) is 9.15 Å². The lowest BCUT2D eigenvalue weighted by Crippen LogP contribution is -2.31. The van der Waals surface area contributed by atoms with Gasteiger partial charge in [0.2, 0.25) is 5.89 Å². The maximum absolute atomic E-state index is 13.1. The van der Waals surface area contributed by atoms with Crippen molar-refractivity contribution in [3.63, 3.8) is 0 Å². The predicted molar refractivity (Wildman–Crippen MR) is 120 cm³/mol. The number of benzene rings is 3. The van der Waals surface area contributed by atoms with Crippen molar-refractivity contribution in [3.05, 3.63) is 83.7 Å². The summed E-state index contributed by atoms with van der Waals surface area (Å²) in [7, 11) is 1.61. The molecule has 0 aliphatic carbocycles. The number of carbonyl (C=O) groups is 1. The zero-order valence-corrected chi connectivity index (χ0v) is 18.3. The van der Waals surface area contributed by atoms with Gasteiger partial charge < -0.3 is 14.1 Å². The van der Waals surface area contributed by atoms with E-state index in [1.54, 1.807) is 12.0 Å². The maximum atomic E-state index is 13.1. The summed E-state index contributed by atoms with van der Waals surface area (Å²) in [5.41, 5.74) is 2.19. The van der Waals surface area contributed by atoms with Gasteiger partial charge in [0.25, 0.3) is 5.91 Å². The van der Waals surface area contributed by atoms with Crippen LogP contribution in [0.2, 0.25) is 0 Å². The van der Waals surface area contributed by atoms with E-state index in [1.807, 2.05) is 42.5 Å². The monoisotopic (exact) mass is 466 g/mol. The number of ether oxygens (including phenoxy) is 1. The zero-order valence-electron chi connectivity index (χ0n) is 18.3. The van der Waals surface area contributed by atoms with E-state index in [9.17, 15) is 18.0 Å². The Morgan fingerprint density at radius 3 is 2.71 bits per heavy atom. The number of aromatic nitrogens is 1. The molecule has 1 fully saturated rings. The summed E-state index contributed by atoms with van der Waals surface area (Å²) in [4.78, 5) is 19.3. The van der Waals surface area contributed by atoms with Crippen LogP contribution in [0.3, 0.4) is 0 Å². The number of hydrogen-bond acceptors (Lipinski definition) is 4. The zero-order chi connectivity index (χ0) is 23.9. The summed E-state index contributed by atoms with van der Waals surface area (Å²) >= 11 is 0. The lowest BCUT2D eigenvalue weighted by molar-refractivity contribution is -0.137. The van der Waals surface area contributed by atoms with Crippen LogP contribution in [0.25, 0.3) is 22.2 Å². The molecule has 0 N–H and O–H groups in total. The van der Waals surface area contributed by atoms with Crippen molar-refractivity contribution >= 4 is 17.0 Å². The average molecular weight is 466 g/mol. The van der Waals surface area contributed by atoms with Crippen LogP contribution in [0.15, 0.2) is 71.1 Å². The first kappa shape index (κ1) is 22.0. The van der Waals surface area contributed by atoms with Gasteiger partial charge in [-0.2, -0.15) is 13.2 Å². The van der Waals surface area contributed by atoms with E-state index in [1.165, 1.54) is 12.1 Å². The lowest BCUT2D eigenvalue weighted by Gasteiger charge is -2.22. The Balaban J connectivity index is 1.46. The molecule has 0 saturated carbocycles. The minimum absolute atomic E-state index is 0.00343. The number of rotatable bonds is 4. The van der Waals surface area contributed by atoms with E-state index < -0.39 is 23.7 Å². The molecule has 0 radical (unpaired) electrons. The summed E-state index contributed by atoms with van der Waals surface area (Å²) in [5, 5.41) is 0. The molecule has 34 heavy (non-hydrogen) atoms. The smallest absolute Gasteiger partial charge is 0.416 e. The number of halogens is 3. The first-order chi connectivity index (χ1) is 16.3. The van der Waals surface area contributed by atoms with Crippen molar-refractivity contribution in [1.29, 1.82) is 0 Å². The molecule has 8 heteroatoms. The standard InChI is InChI=1S/C26H21F3N2O3/c1-33-22-10-3-2-8-19(22)16-11-12-23-20(15-16)30-24(34-23)21-9-5-13-31(21)25(32)17-6-4-7-18(14-17)26(27,28)29/h2-4,6-8,10-12,14-15,21H,5,9,13H2,1H3/t21-/m1/s1. The molecule has 5 rings (SSSR count). The van der Waals surface area contributed by atoms with Gasteiger partial charge in [-0.3, -0.25) is 4.79 Å². The molecule has 0 spiro atoms. The van der Waals surface area contributed by atoms with Crippen LogP contribution in [0.4, 0.5) is 13.2 Å². The molecule has 3 aromatic carbocycles. The van der Waals surface area contributed by atoms with Crippen LogP contribution < -0.4 is 4.74 Å². The second-order valence-electron chi connectivity index (χ2n) is 8.17. The topological polar surface area (TPSA) is 55.6 Å². The SMILES string of the molecule is COc1ccccc1-c1ccc2oc([C@H]3CCCN3C(=O)c3cccc(C(F)(F)F)c3)nc2c1. The molecular formula is C26H21F3N2O3. The quantitative estimate of drug-likeness (QED) is 0.345. The fourth-order valence-corrected chi connectivity index (χ4v) is 4.40. The van der Waals surface area contributed by atoms with Crippen LogP contribution in [0.5, 0.6) is 5.75 Å². The number of methoxy groups -OCH3 is 1. The molecule has 1 aliphatic rings. The van der Waals surface area contributed by atoms with Crippen LogP contribution in [-0.2, 0) is 6.18 Å². The summed E-state index contributed by atoms with van der Waals surface area (Å²) in [6.45, 7) is 0.422. The van der Waals surface area contributed by atoms with Crippen molar-refractivity contribution in [3.8, 4) is 16.9 Å². The highest BCUT2D eigenvalue weighted by atomic mass is 19.4. The summed E-state index contributed by atoms with van der Waals surface area (Å²) in [6.07, 6.45) is -3.18. The number of para-hydroxylation sites is 1. The molecule has 174 valence electrons. The lowest BCUT2D eigenvalue weighted by atomic mass is 10.0. The number of likely N-dealkylation sites (tertiary alicyclic amines) is 1. The van der Waals surface area contributed by atoms with Gasteiger partial charge in [0, 0.05) is 17.7 Å². The number of alkyl halides is 3. The molecule has 1 aromatic heterocycles. The Labute approximate surface area is 193 Å². The van der Waals surface area contributed by atoms with Crippen molar-refractivity contribution < 1.29 is 27.1 Å². The van der Waals surface area contributed by atoms with Crippen LogP contribution in [-0.4, -0.2) is 29.4 Å². The van der Waals surface area contributed by atoms with Crippen LogP contribution in [0.1, 0.15) is 40.7 Å². The Bertz CT molecular complexity index is 1360. The summed E-state index contributed by atoms with van der Waals surface area (Å²) in [6, 6.07) is 17.3. The van der Waals surface area contributed by atoms with Crippen molar-refractivity contribution in [2.75, 3.05) is 13.7 Å². The number of carbonyl (C=O) groups excluding carboxylic acids is 1. The largest absolute Gasteiger partial charge is 0.496 e. The van der Waals surface area contributed by atoms with Gasteiger partial charge in [0.15, 0.2) is 5.58 Å². The van der Waals surface area contributed by atoms with Gasteiger partial charge in [0.1, 0.15) is 17.3 Å². The van der Waals surface area contributed by atoms with Gasteiger partial charge in [0.05, 0.1) is 12.7 Å². The minimum atomic E-state index is -4.51. The van der Waals surface area contributed by atoms with Crippen LogP contribution in [0, 0.1) is 0 Å². The van der Waals surface area contributed by atoms with Gasteiger partial charge in [-0.25, -0.2) is 4.98 Å². The highest BCUT2D eigenvalue weighted by molar-refractivity contribution is 5.95. The van der Waals surface area contributed by atoms with Gasteiger partial charge >= 0.3 is 6.18 Å². The van der Waals surface area contributed by atoms with Gasteiger partial charge in [-0.15, -0.1) is 0 Å². The molecule has 1 amide bonds. The third-order valence-corrected chi connectivity index (χ3v) is 6.06. The maximum Gasteiger partial charge on any atom is 0.416 e. The molecule has 4 aromatic rings. The number of amides is 1. The number of hydrogen-bond donors (Lipinski definition) is 0. The normalized spacial score (nSPS) is 16.2. The van der Waals surface area contributed by atoms with Gasteiger partial charge in [-0.05, 0) is 54.8 Å². The van der Waals surface area contributed by atoms with Crippen molar-refractivity contribution in [2.24, 2.45) is 0 Å². The van der Waals surface area contributed by atoms with E-state index in [0.717, 1.165) is 29.0 Å². The molecule has 1 saturated heterocycles. The number of fused-ring (bicyclic) bond motifs is 1. The minimum Gasteiger partial charge on any atom is -0.496 e. The molecule has 0 bridgehead atoms. The van der Waals surface area contributed by atoms with Gasteiger partial charge in [-0.1, -0.05) is 30.3 Å². The summed E-state index contributed by atoms with van der Waals surface area (Å²) in [5.74, 6) is 0.648. The molecule has 1 aliphatic heterocycles. The third-order valence-electron chi connectivity index (χ3n) is 6.06. The molecule has 0 unspecified atom stereocenters. The Morgan fingerprint density at radius 2 is 1.91 bits per heavy atom. The predicted octanol–water partition coefficient (Wildman–Crippen LogP) is 6.50. The van der Waals surface area contributed by atoms with Crippen molar-refractivity contribution in [1.82, 2.24) is 9.88 Å². The average Bonchev–Trinajstić information content (AvgIpc) is 3.49. The third kappa shape index (κ3) is 4.00. The van der Waals surface area contributed by atoms with E-state index >= 15 is 0 Å². The second kappa shape index (κ2) is 8.52. The van der Waals surface area contributed by atoms with Crippen LogP contribution >= 0.6 is 0 Å². The first-order valence-electron chi connectivity index (χ1n) is 10.9. The molecule has 1 atom stereocenters. The fraction of sp³-hybridized carbons (Fsp3) is 0.231. The summed E-state index contributed by atoms with van der Waals surface area (Å²) < 4.78 is 50.8. The Kier molecular flexibility index (Phi) is 5.51. The van der Waals surface area contributed by atoms with Crippen molar-refractivity contribution in [2.45, 2.75) is 25.1 Å². The fourth-order valence-electron chi connectivity index (χ4n) is 4.40. The second-order valence-corrected chi connectivity index (χ2v) is 8.17. The highest BCUT2D eigenvalue weighted by Gasteiger charge is 2.36. The van der Waals surface area contributed by atoms with E-state index in [2.05, 4.69) is 4.98 Å². The number of nitrogens with zero attached hydrogens (tertiary/aromatic N) is 2. The highest BCUT2D eigenvalue weighted by Crippen LogP contribution is 2.37.